The van der Waals surface area contributed by atoms with E-state index in [0.717, 1.165) is 23.8 Å². The third-order valence-electron chi connectivity index (χ3n) is 3.88. The van der Waals surface area contributed by atoms with Crippen molar-refractivity contribution in [3.63, 3.8) is 0 Å². The van der Waals surface area contributed by atoms with Gasteiger partial charge in [0.15, 0.2) is 0 Å². The molecule has 0 unspecified atom stereocenters. The zero-order chi connectivity index (χ0) is 15.8. The van der Waals surface area contributed by atoms with Gasteiger partial charge in [-0.2, -0.15) is 0 Å². The molecule has 0 bridgehead atoms. The molecule has 4 rings (SSSR count). The molecule has 1 N–H and O–H groups in total. The summed E-state index contributed by atoms with van der Waals surface area (Å²) >= 11 is 0. The number of carbonyl (C=O) groups excluding carboxylic acids is 1. The number of fused-ring (bicyclic) bond motifs is 1. The first-order valence-corrected chi connectivity index (χ1v) is 7.52. The smallest absolute Gasteiger partial charge is 0.251 e. The first-order chi connectivity index (χ1) is 11.2. The summed E-state index contributed by atoms with van der Waals surface area (Å²) in [6.07, 6.45) is 5.36. The molecule has 0 aliphatic heterocycles. The number of benzene rings is 1. The highest BCUT2D eigenvalue weighted by atomic mass is 19.1. The van der Waals surface area contributed by atoms with Crippen LogP contribution in [-0.4, -0.2) is 21.9 Å². The van der Waals surface area contributed by atoms with E-state index in [4.69, 9.17) is 0 Å². The molecule has 2 heterocycles. The molecular weight excluding hydrogens is 293 g/mol. The predicted octanol–water partition coefficient (Wildman–Crippen LogP) is 3.33. The van der Waals surface area contributed by atoms with Crippen molar-refractivity contribution in [2.75, 3.05) is 0 Å². The van der Waals surface area contributed by atoms with Crippen molar-refractivity contribution in [2.45, 2.75) is 18.9 Å². The normalized spacial score (nSPS) is 14.0. The highest BCUT2D eigenvalue weighted by Gasteiger charge is 2.23. The van der Waals surface area contributed by atoms with Crippen molar-refractivity contribution in [1.82, 2.24) is 15.3 Å². The number of nitrogens with zero attached hydrogens (tertiary/aromatic N) is 2. The number of pyridine rings is 2. The molecule has 23 heavy (non-hydrogen) atoms. The van der Waals surface area contributed by atoms with Gasteiger partial charge in [0.05, 0.1) is 11.2 Å². The minimum Gasteiger partial charge on any atom is -0.349 e. The van der Waals surface area contributed by atoms with Gasteiger partial charge >= 0.3 is 0 Å². The van der Waals surface area contributed by atoms with E-state index in [1.165, 1.54) is 12.1 Å². The average Bonchev–Trinajstić information content (AvgIpc) is 3.38. The van der Waals surface area contributed by atoms with Crippen molar-refractivity contribution in [3.8, 4) is 11.3 Å². The second kappa shape index (κ2) is 5.43. The fraction of sp³-hybridized carbons (Fsp3) is 0.167. The van der Waals surface area contributed by atoms with E-state index < -0.39 is 0 Å². The lowest BCUT2D eigenvalue weighted by molar-refractivity contribution is 0.0951. The molecule has 3 aromatic rings. The van der Waals surface area contributed by atoms with Crippen LogP contribution in [0.5, 0.6) is 0 Å². The molecule has 1 aromatic carbocycles. The number of hydrogen-bond acceptors (Lipinski definition) is 3. The first kappa shape index (κ1) is 13.8. The maximum absolute atomic E-state index is 13.2. The van der Waals surface area contributed by atoms with Crippen molar-refractivity contribution < 1.29 is 9.18 Å². The molecule has 0 saturated heterocycles. The summed E-state index contributed by atoms with van der Waals surface area (Å²) in [5, 5.41) is 3.79. The van der Waals surface area contributed by atoms with Crippen LogP contribution in [0.2, 0.25) is 0 Å². The van der Waals surface area contributed by atoms with Crippen LogP contribution in [0.1, 0.15) is 23.2 Å². The summed E-state index contributed by atoms with van der Waals surface area (Å²) in [6.45, 7) is 0. The molecule has 1 amide bonds. The van der Waals surface area contributed by atoms with Gasteiger partial charge in [0.25, 0.3) is 5.91 Å². The average molecular weight is 307 g/mol. The summed E-state index contributed by atoms with van der Waals surface area (Å²) in [5.41, 5.74) is 2.65. The van der Waals surface area contributed by atoms with E-state index >= 15 is 0 Å². The van der Waals surface area contributed by atoms with E-state index in [2.05, 4.69) is 15.3 Å². The Kier molecular flexibility index (Phi) is 3.26. The van der Waals surface area contributed by atoms with Gasteiger partial charge in [0, 0.05) is 41.0 Å². The van der Waals surface area contributed by atoms with Crippen molar-refractivity contribution in [2.24, 2.45) is 0 Å². The lowest BCUT2D eigenvalue weighted by Gasteiger charge is -2.06. The number of amides is 1. The van der Waals surface area contributed by atoms with E-state index in [-0.39, 0.29) is 11.7 Å². The van der Waals surface area contributed by atoms with Crippen LogP contribution in [0.4, 0.5) is 4.39 Å². The third-order valence-corrected chi connectivity index (χ3v) is 3.88. The van der Waals surface area contributed by atoms with Gasteiger partial charge in [-0.3, -0.25) is 14.8 Å². The standard InChI is InChI=1S/C18H14FN3O/c19-14-2-1-11-7-13(10-21-17(11)9-14)16-8-12(5-6-20-16)18(23)22-15-3-4-15/h1-2,5-10,15H,3-4H2,(H,22,23). The minimum atomic E-state index is -0.311. The monoisotopic (exact) mass is 307 g/mol. The van der Waals surface area contributed by atoms with Crippen LogP contribution in [0.25, 0.3) is 22.2 Å². The molecule has 1 fully saturated rings. The largest absolute Gasteiger partial charge is 0.349 e. The summed E-state index contributed by atoms with van der Waals surface area (Å²) in [7, 11) is 0. The topological polar surface area (TPSA) is 54.9 Å². The number of aromatic nitrogens is 2. The highest BCUT2D eigenvalue weighted by Crippen LogP contribution is 2.23. The number of nitrogens with one attached hydrogen (secondary N) is 1. The Labute approximate surface area is 132 Å². The molecular formula is C18H14FN3O. The molecule has 4 nitrogen and oxygen atoms in total. The predicted molar refractivity (Wildman–Crippen MR) is 85.4 cm³/mol. The molecule has 1 aliphatic rings. The molecule has 114 valence electrons. The number of rotatable bonds is 3. The van der Waals surface area contributed by atoms with Gasteiger partial charge in [0.2, 0.25) is 0 Å². The Hall–Kier alpha value is -2.82. The zero-order valence-electron chi connectivity index (χ0n) is 12.3. The van der Waals surface area contributed by atoms with Crippen LogP contribution in [0.3, 0.4) is 0 Å². The third kappa shape index (κ3) is 2.90. The van der Waals surface area contributed by atoms with Gasteiger partial charge < -0.3 is 5.32 Å². The van der Waals surface area contributed by atoms with E-state index in [1.807, 2.05) is 6.07 Å². The fourth-order valence-corrected chi connectivity index (χ4v) is 2.46. The summed E-state index contributed by atoms with van der Waals surface area (Å²) in [4.78, 5) is 20.7. The Morgan fingerprint density at radius 2 is 2.00 bits per heavy atom. The Balaban J connectivity index is 1.69. The lowest BCUT2D eigenvalue weighted by Crippen LogP contribution is -2.25. The van der Waals surface area contributed by atoms with Crippen LogP contribution in [0.15, 0.2) is 48.8 Å². The number of carbonyl (C=O) groups is 1. The lowest BCUT2D eigenvalue weighted by atomic mass is 10.1. The van der Waals surface area contributed by atoms with Crippen LogP contribution in [-0.2, 0) is 0 Å². The summed E-state index contributed by atoms with van der Waals surface area (Å²) < 4.78 is 13.2. The van der Waals surface area contributed by atoms with Crippen LogP contribution >= 0.6 is 0 Å². The zero-order valence-corrected chi connectivity index (χ0v) is 12.3. The van der Waals surface area contributed by atoms with Gasteiger partial charge in [-0.25, -0.2) is 4.39 Å². The van der Waals surface area contributed by atoms with Crippen LogP contribution < -0.4 is 5.32 Å². The first-order valence-electron chi connectivity index (χ1n) is 7.52. The quantitative estimate of drug-likeness (QED) is 0.807. The molecule has 2 aromatic heterocycles. The molecule has 0 atom stereocenters. The minimum absolute atomic E-state index is 0.0769. The highest BCUT2D eigenvalue weighted by molar-refractivity contribution is 5.95. The van der Waals surface area contributed by atoms with Gasteiger partial charge in [-0.05, 0) is 43.2 Å². The van der Waals surface area contributed by atoms with Gasteiger partial charge in [-0.1, -0.05) is 0 Å². The SMILES string of the molecule is O=C(NC1CC1)c1ccnc(-c2cnc3cc(F)ccc3c2)c1. The Bertz CT molecular complexity index is 906. The fourth-order valence-electron chi connectivity index (χ4n) is 2.46. The maximum Gasteiger partial charge on any atom is 0.251 e. The Morgan fingerprint density at radius 3 is 2.83 bits per heavy atom. The van der Waals surface area contributed by atoms with E-state index in [9.17, 15) is 9.18 Å². The molecule has 1 aliphatic carbocycles. The summed E-state index contributed by atoms with van der Waals surface area (Å²) in [5.74, 6) is -0.387. The van der Waals surface area contributed by atoms with E-state index in [0.29, 0.717) is 22.8 Å². The van der Waals surface area contributed by atoms with Crippen LogP contribution in [0, 0.1) is 5.82 Å². The van der Waals surface area contributed by atoms with Crippen molar-refractivity contribution >= 4 is 16.8 Å². The Morgan fingerprint density at radius 1 is 1.13 bits per heavy atom. The summed E-state index contributed by atoms with van der Waals surface area (Å²) in [6, 6.07) is 10.1. The van der Waals surface area contributed by atoms with Crippen molar-refractivity contribution in [3.05, 3.63) is 60.2 Å². The second-order valence-electron chi connectivity index (χ2n) is 5.74. The van der Waals surface area contributed by atoms with E-state index in [1.54, 1.807) is 30.6 Å². The molecule has 0 radical (unpaired) electrons. The van der Waals surface area contributed by atoms with Gasteiger partial charge in [-0.15, -0.1) is 0 Å². The van der Waals surface area contributed by atoms with Crippen molar-refractivity contribution in [1.29, 1.82) is 0 Å². The maximum atomic E-state index is 13.2. The second-order valence-corrected chi connectivity index (χ2v) is 5.74. The number of halogens is 1. The molecule has 1 saturated carbocycles. The van der Waals surface area contributed by atoms with Gasteiger partial charge in [0.1, 0.15) is 5.82 Å². The molecule has 0 spiro atoms. The number of hydrogen-bond donors (Lipinski definition) is 1. The molecule has 5 heteroatoms.